The molecule has 98 valence electrons. The summed E-state index contributed by atoms with van der Waals surface area (Å²) in [7, 11) is 0. The number of rotatable bonds is 5. The van der Waals surface area contributed by atoms with E-state index in [0.29, 0.717) is 18.6 Å². The zero-order valence-electron chi connectivity index (χ0n) is 10.1. The fourth-order valence-electron chi connectivity index (χ4n) is 1.72. The molecule has 0 saturated heterocycles. The maximum atomic E-state index is 11.6. The van der Waals surface area contributed by atoms with Gasteiger partial charge in [0.15, 0.2) is 0 Å². The highest BCUT2D eigenvalue weighted by molar-refractivity contribution is 5.80. The average molecular weight is 252 g/mol. The Hall–Kier alpha value is -1.98. The van der Waals surface area contributed by atoms with Crippen molar-refractivity contribution >= 4 is 12.0 Å². The normalized spacial score (nSPS) is 17.8. The van der Waals surface area contributed by atoms with Gasteiger partial charge >= 0.3 is 12.0 Å². The summed E-state index contributed by atoms with van der Waals surface area (Å²) in [6.07, 6.45) is 2.78. The molecule has 0 bridgehead atoms. The lowest BCUT2D eigenvalue weighted by atomic mass is 10.1. The van der Waals surface area contributed by atoms with Crippen molar-refractivity contribution in [3.63, 3.8) is 0 Å². The first-order chi connectivity index (χ1) is 8.53. The average Bonchev–Trinajstić information content (AvgIpc) is 2.92. The van der Waals surface area contributed by atoms with E-state index in [2.05, 4.69) is 10.6 Å². The van der Waals surface area contributed by atoms with Gasteiger partial charge in [0.05, 0.1) is 17.7 Å². The molecule has 1 aliphatic rings. The Morgan fingerprint density at radius 1 is 1.56 bits per heavy atom. The van der Waals surface area contributed by atoms with E-state index in [4.69, 9.17) is 9.52 Å². The van der Waals surface area contributed by atoms with E-state index in [1.165, 1.54) is 6.26 Å². The van der Waals surface area contributed by atoms with Gasteiger partial charge in [0.1, 0.15) is 5.76 Å². The summed E-state index contributed by atoms with van der Waals surface area (Å²) < 4.78 is 5.16. The quantitative estimate of drug-likeness (QED) is 0.740. The van der Waals surface area contributed by atoms with Crippen LogP contribution in [-0.2, 0) is 4.79 Å². The van der Waals surface area contributed by atoms with Gasteiger partial charge in [-0.1, -0.05) is 0 Å². The smallest absolute Gasteiger partial charge is 0.315 e. The number of amides is 2. The molecule has 1 aromatic heterocycles. The summed E-state index contributed by atoms with van der Waals surface area (Å²) in [5, 5.41) is 14.2. The second kappa shape index (κ2) is 4.72. The van der Waals surface area contributed by atoms with E-state index < -0.39 is 11.4 Å². The Balaban J connectivity index is 1.78. The van der Waals surface area contributed by atoms with Crippen molar-refractivity contribution in [2.24, 2.45) is 5.41 Å². The minimum atomic E-state index is -0.845. The molecule has 18 heavy (non-hydrogen) atoms. The van der Waals surface area contributed by atoms with Crippen LogP contribution in [0.25, 0.3) is 0 Å². The molecular weight excluding hydrogens is 236 g/mol. The van der Waals surface area contributed by atoms with Crippen LogP contribution in [-0.4, -0.2) is 23.7 Å². The minimum absolute atomic E-state index is 0.166. The predicted molar refractivity (Wildman–Crippen MR) is 63.0 cm³/mol. The Bertz CT molecular complexity index is 437. The number of urea groups is 1. The lowest BCUT2D eigenvalue weighted by Gasteiger charge is -2.15. The first kappa shape index (κ1) is 12.5. The molecule has 3 N–H and O–H groups in total. The summed E-state index contributed by atoms with van der Waals surface area (Å²) in [6, 6.07) is 2.88. The Labute approximate surface area is 104 Å². The van der Waals surface area contributed by atoms with Gasteiger partial charge in [0.2, 0.25) is 0 Å². The first-order valence-electron chi connectivity index (χ1n) is 5.85. The Kier molecular flexibility index (Phi) is 3.27. The molecule has 1 aromatic rings. The highest BCUT2D eigenvalue weighted by Crippen LogP contribution is 2.45. The third kappa shape index (κ3) is 2.64. The predicted octanol–water partition coefficient (Wildman–Crippen LogP) is 1.50. The van der Waals surface area contributed by atoms with Crippen LogP contribution in [0.5, 0.6) is 0 Å². The van der Waals surface area contributed by atoms with E-state index in [1.807, 2.05) is 0 Å². The summed E-state index contributed by atoms with van der Waals surface area (Å²) >= 11 is 0. The number of nitrogens with one attached hydrogen (secondary N) is 2. The topological polar surface area (TPSA) is 91.6 Å². The number of carboxylic acids is 1. The number of carboxylic acid groups (broad SMARTS) is 1. The van der Waals surface area contributed by atoms with Gasteiger partial charge in [0, 0.05) is 6.54 Å². The minimum Gasteiger partial charge on any atom is -0.481 e. The molecule has 0 spiro atoms. The van der Waals surface area contributed by atoms with Crippen LogP contribution in [0.15, 0.2) is 22.8 Å². The van der Waals surface area contributed by atoms with Crippen molar-refractivity contribution in [2.45, 2.75) is 25.8 Å². The lowest BCUT2D eigenvalue weighted by molar-refractivity contribution is -0.143. The van der Waals surface area contributed by atoms with Crippen LogP contribution < -0.4 is 10.6 Å². The molecular formula is C12H16N2O4. The molecule has 1 unspecified atom stereocenters. The Morgan fingerprint density at radius 3 is 2.78 bits per heavy atom. The molecule has 2 rings (SSSR count). The zero-order valence-corrected chi connectivity index (χ0v) is 10.1. The summed E-state index contributed by atoms with van der Waals surface area (Å²) in [4.78, 5) is 22.5. The van der Waals surface area contributed by atoms with E-state index in [1.54, 1.807) is 19.1 Å². The number of hydrogen-bond donors (Lipinski definition) is 3. The third-order valence-corrected chi connectivity index (χ3v) is 3.21. The highest BCUT2D eigenvalue weighted by atomic mass is 16.4. The molecule has 1 saturated carbocycles. The van der Waals surface area contributed by atoms with Crippen LogP contribution in [0.3, 0.4) is 0 Å². The summed E-state index contributed by atoms with van der Waals surface area (Å²) in [6.45, 7) is 1.96. The second-order valence-corrected chi connectivity index (χ2v) is 4.65. The largest absolute Gasteiger partial charge is 0.481 e. The molecule has 1 atom stereocenters. The van der Waals surface area contributed by atoms with Gasteiger partial charge in [-0.3, -0.25) is 4.79 Å². The molecule has 2 amide bonds. The van der Waals surface area contributed by atoms with Crippen molar-refractivity contribution in [3.8, 4) is 0 Å². The van der Waals surface area contributed by atoms with Crippen LogP contribution in [0.2, 0.25) is 0 Å². The maximum Gasteiger partial charge on any atom is 0.315 e. The summed E-state index contributed by atoms with van der Waals surface area (Å²) in [5.74, 6) is -0.189. The summed E-state index contributed by atoms with van der Waals surface area (Å²) in [5.41, 5.74) is -0.745. The van der Waals surface area contributed by atoms with Gasteiger partial charge < -0.3 is 20.2 Å². The van der Waals surface area contributed by atoms with Gasteiger partial charge in [0.25, 0.3) is 0 Å². The molecule has 1 aliphatic carbocycles. The van der Waals surface area contributed by atoms with Gasteiger partial charge in [-0.15, -0.1) is 0 Å². The number of carbonyl (C=O) groups is 2. The standard InChI is InChI=1S/C12H16N2O4/c1-8(9-3-2-6-18-9)14-11(17)13-7-12(4-5-12)10(15)16/h2-3,6,8H,4-5,7H2,1H3,(H,15,16)(H2,13,14,17). The van der Waals surface area contributed by atoms with Crippen molar-refractivity contribution < 1.29 is 19.1 Å². The van der Waals surface area contributed by atoms with Crippen LogP contribution in [0.4, 0.5) is 4.79 Å². The fourth-order valence-corrected chi connectivity index (χ4v) is 1.72. The molecule has 0 aliphatic heterocycles. The van der Waals surface area contributed by atoms with E-state index in [9.17, 15) is 9.59 Å². The van der Waals surface area contributed by atoms with Gasteiger partial charge in [-0.2, -0.15) is 0 Å². The monoisotopic (exact) mass is 252 g/mol. The maximum absolute atomic E-state index is 11.6. The van der Waals surface area contributed by atoms with Crippen molar-refractivity contribution in [1.82, 2.24) is 10.6 Å². The SMILES string of the molecule is CC(NC(=O)NCC1(C(=O)O)CC1)c1ccco1. The van der Waals surface area contributed by atoms with E-state index in [0.717, 1.165) is 0 Å². The van der Waals surface area contributed by atoms with Crippen LogP contribution >= 0.6 is 0 Å². The second-order valence-electron chi connectivity index (χ2n) is 4.65. The van der Waals surface area contributed by atoms with Gasteiger partial charge in [-0.25, -0.2) is 4.79 Å². The number of hydrogen-bond acceptors (Lipinski definition) is 3. The van der Waals surface area contributed by atoms with E-state index in [-0.39, 0.29) is 18.6 Å². The van der Waals surface area contributed by atoms with Gasteiger partial charge in [-0.05, 0) is 31.9 Å². The molecule has 6 nitrogen and oxygen atoms in total. The third-order valence-electron chi connectivity index (χ3n) is 3.21. The number of furan rings is 1. The zero-order chi connectivity index (χ0) is 13.2. The van der Waals surface area contributed by atoms with Crippen molar-refractivity contribution in [2.75, 3.05) is 6.54 Å². The Morgan fingerprint density at radius 2 is 2.28 bits per heavy atom. The number of carbonyl (C=O) groups excluding carboxylic acids is 1. The van der Waals surface area contributed by atoms with Crippen molar-refractivity contribution in [3.05, 3.63) is 24.2 Å². The first-order valence-corrected chi connectivity index (χ1v) is 5.85. The fraction of sp³-hybridized carbons (Fsp3) is 0.500. The molecule has 6 heteroatoms. The van der Waals surface area contributed by atoms with Crippen LogP contribution in [0.1, 0.15) is 31.6 Å². The van der Waals surface area contributed by atoms with Crippen molar-refractivity contribution in [1.29, 1.82) is 0 Å². The lowest BCUT2D eigenvalue weighted by Crippen LogP contribution is -2.41. The molecule has 1 heterocycles. The number of aliphatic carboxylic acids is 1. The highest BCUT2D eigenvalue weighted by Gasteiger charge is 2.50. The molecule has 0 radical (unpaired) electrons. The van der Waals surface area contributed by atoms with Crippen LogP contribution in [0, 0.1) is 5.41 Å². The molecule has 1 fully saturated rings. The van der Waals surface area contributed by atoms with E-state index >= 15 is 0 Å². The molecule has 0 aromatic carbocycles.